The summed E-state index contributed by atoms with van der Waals surface area (Å²) in [5.74, 6) is 0.758. The maximum absolute atomic E-state index is 3.61. The Morgan fingerprint density at radius 2 is 2.12 bits per heavy atom. The maximum Gasteiger partial charge on any atom is 0.0317 e. The molecule has 0 fully saturated rings. The lowest BCUT2D eigenvalue weighted by molar-refractivity contribution is 0.536. The molecule has 16 heavy (non-hydrogen) atoms. The molecule has 0 radical (unpaired) electrons. The third-order valence-corrected chi connectivity index (χ3v) is 4.52. The summed E-state index contributed by atoms with van der Waals surface area (Å²) in [5.41, 5.74) is 0. The Bertz CT molecular complexity index is 307. The molecule has 1 aromatic rings. The molecule has 1 rings (SSSR count). The second-order valence-corrected chi connectivity index (χ2v) is 6.88. The van der Waals surface area contributed by atoms with Crippen molar-refractivity contribution in [1.82, 2.24) is 5.32 Å². The average Bonchev–Trinajstić information content (AvgIpc) is 2.50. The summed E-state index contributed by atoms with van der Waals surface area (Å²) in [5, 5.41) is 3.48. The molecular formula is C13H22BrNS. The van der Waals surface area contributed by atoms with E-state index in [9.17, 15) is 0 Å². The van der Waals surface area contributed by atoms with E-state index in [1.165, 1.54) is 33.5 Å². The first-order valence-corrected chi connectivity index (χ1v) is 7.66. The highest BCUT2D eigenvalue weighted by atomic mass is 79.9. The highest BCUT2D eigenvalue weighted by Crippen LogP contribution is 2.28. The van der Waals surface area contributed by atoms with Crippen molar-refractivity contribution in [3.63, 3.8) is 0 Å². The van der Waals surface area contributed by atoms with Gasteiger partial charge in [0.1, 0.15) is 0 Å². The van der Waals surface area contributed by atoms with Gasteiger partial charge < -0.3 is 5.32 Å². The molecular weight excluding hydrogens is 282 g/mol. The van der Waals surface area contributed by atoms with Gasteiger partial charge in [0.25, 0.3) is 0 Å². The largest absolute Gasteiger partial charge is 0.316 e. The van der Waals surface area contributed by atoms with Crippen molar-refractivity contribution in [3.8, 4) is 0 Å². The Balaban J connectivity index is 2.09. The quantitative estimate of drug-likeness (QED) is 0.737. The standard InChI is InChI=1S/C13H22BrNS/c1-10(2)9-15-7-5-4-6-13-12(14)8-11(3)16-13/h8,10,15H,4-7,9H2,1-3H3. The Kier molecular flexibility index (Phi) is 6.62. The monoisotopic (exact) mass is 303 g/mol. The molecule has 1 heterocycles. The Morgan fingerprint density at radius 3 is 2.69 bits per heavy atom. The first-order chi connectivity index (χ1) is 7.59. The summed E-state index contributed by atoms with van der Waals surface area (Å²) >= 11 is 5.53. The Labute approximate surface area is 112 Å². The average molecular weight is 304 g/mol. The lowest BCUT2D eigenvalue weighted by atomic mass is 10.2. The van der Waals surface area contributed by atoms with E-state index >= 15 is 0 Å². The minimum atomic E-state index is 0.758. The van der Waals surface area contributed by atoms with Crippen LogP contribution in [0.4, 0.5) is 0 Å². The van der Waals surface area contributed by atoms with E-state index in [2.05, 4.69) is 48.1 Å². The number of unbranched alkanes of at least 4 members (excludes halogenated alkanes) is 1. The van der Waals surface area contributed by atoms with Crippen LogP contribution in [0.3, 0.4) is 0 Å². The zero-order valence-electron chi connectivity index (χ0n) is 10.5. The van der Waals surface area contributed by atoms with Gasteiger partial charge in [-0.3, -0.25) is 0 Å². The molecule has 3 heteroatoms. The van der Waals surface area contributed by atoms with Crippen molar-refractivity contribution in [1.29, 1.82) is 0 Å². The van der Waals surface area contributed by atoms with Crippen LogP contribution in [0.5, 0.6) is 0 Å². The van der Waals surface area contributed by atoms with Gasteiger partial charge in [-0.15, -0.1) is 11.3 Å². The number of thiophene rings is 1. The third-order valence-electron chi connectivity index (χ3n) is 2.44. The lowest BCUT2D eigenvalue weighted by Crippen LogP contribution is -2.20. The molecule has 1 nitrogen and oxygen atoms in total. The molecule has 0 aromatic carbocycles. The smallest absolute Gasteiger partial charge is 0.0317 e. The van der Waals surface area contributed by atoms with Crippen LogP contribution in [-0.4, -0.2) is 13.1 Å². The minimum absolute atomic E-state index is 0.758. The highest BCUT2D eigenvalue weighted by molar-refractivity contribution is 9.10. The van der Waals surface area contributed by atoms with Crippen molar-refractivity contribution in [2.75, 3.05) is 13.1 Å². The fourth-order valence-corrected chi connectivity index (χ4v) is 3.53. The topological polar surface area (TPSA) is 12.0 Å². The third kappa shape index (κ3) is 5.46. The van der Waals surface area contributed by atoms with Gasteiger partial charge in [0.05, 0.1) is 0 Å². The summed E-state index contributed by atoms with van der Waals surface area (Å²) in [6.45, 7) is 8.96. The summed E-state index contributed by atoms with van der Waals surface area (Å²) in [6, 6.07) is 2.22. The van der Waals surface area contributed by atoms with E-state index < -0.39 is 0 Å². The molecule has 0 bridgehead atoms. The van der Waals surface area contributed by atoms with Gasteiger partial charge in [0.2, 0.25) is 0 Å². The van der Waals surface area contributed by atoms with Crippen molar-refractivity contribution in [3.05, 3.63) is 20.3 Å². The number of hydrogen-bond donors (Lipinski definition) is 1. The van der Waals surface area contributed by atoms with Gasteiger partial charge in [0, 0.05) is 14.2 Å². The van der Waals surface area contributed by atoms with E-state index in [1.807, 2.05) is 11.3 Å². The van der Waals surface area contributed by atoms with Crippen LogP contribution in [0, 0.1) is 12.8 Å². The summed E-state index contributed by atoms with van der Waals surface area (Å²) in [4.78, 5) is 2.90. The van der Waals surface area contributed by atoms with Crippen molar-refractivity contribution >= 4 is 27.3 Å². The summed E-state index contributed by atoms with van der Waals surface area (Å²) in [6.07, 6.45) is 3.77. The molecule has 0 atom stereocenters. The molecule has 0 aliphatic carbocycles. The number of nitrogens with one attached hydrogen (secondary N) is 1. The minimum Gasteiger partial charge on any atom is -0.316 e. The predicted molar refractivity (Wildman–Crippen MR) is 77.4 cm³/mol. The van der Waals surface area contributed by atoms with Crippen LogP contribution < -0.4 is 5.32 Å². The predicted octanol–water partition coefficient (Wildman–Crippen LogP) is 4.39. The van der Waals surface area contributed by atoms with E-state index in [-0.39, 0.29) is 0 Å². The van der Waals surface area contributed by atoms with Crippen LogP contribution in [0.1, 0.15) is 36.4 Å². The molecule has 0 aliphatic heterocycles. The van der Waals surface area contributed by atoms with Crippen LogP contribution >= 0.6 is 27.3 Å². The van der Waals surface area contributed by atoms with Crippen molar-refractivity contribution < 1.29 is 0 Å². The van der Waals surface area contributed by atoms with E-state index in [0.717, 1.165) is 19.0 Å². The van der Waals surface area contributed by atoms with Gasteiger partial charge in [-0.1, -0.05) is 13.8 Å². The fraction of sp³-hybridized carbons (Fsp3) is 0.692. The number of rotatable bonds is 7. The second-order valence-electron chi connectivity index (χ2n) is 4.68. The molecule has 92 valence electrons. The lowest BCUT2D eigenvalue weighted by Gasteiger charge is -2.06. The summed E-state index contributed by atoms with van der Waals surface area (Å²) in [7, 11) is 0. The molecule has 0 amide bonds. The van der Waals surface area contributed by atoms with Crippen LogP contribution in [0.2, 0.25) is 0 Å². The first kappa shape index (κ1) is 14.2. The maximum atomic E-state index is 3.61. The van der Waals surface area contributed by atoms with Crippen LogP contribution in [0.25, 0.3) is 0 Å². The number of hydrogen-bond acceptors (Lipinski definition) is 2. The molecule has 1 N–H and O–H groups in total. The molecule has 0 aliphatic rings. The number of aryl methyl sites for hydroxylation is 2. The first-order valence-electron chi connectivity index (χ1n) is 6.05. The fourth-order valence-electron chi connectivity index (χ4n) is 1.63. The van der Waals surface area contributed by atoms with Gasteiger partial charge >= 0.3 is 0 Å². The van der Waals surface area contributed by atoms with Crippen LogP contribution in [0.15, 0.2) is 10.5 Å². The molecule has 0 saturated heterocycles. The Morgan fingerprint density at radius 1 is 1.38 bits per heavy atom. The molecule has 0 saturated carbocycles. The van der Waals surface area contributed by atoms with Gasteiger partial charge in [0.15, 0.2) is 0 Å². The zero-order valence-corrected chi connectivity index (χ0v) is 12.9. The van der Waals surface area contributed by atoms with Gasteiger partial charge in [-0.25, -0.2) is 0 Å². The molecule has 0 unspecified atom stereocenters. The van der Waals surface area contributed by atoms with Gasteiger partial charge in [-0.05, 0) is 67.2 Å². The second kappa shape index (κ2) is 7.46. The normalized spacial score (nSPS) is 11.3. The zero-order chi connectivity index (χ0) is 12.0. The van der Waals surface area contributed by atoms with E-state index in [1.54, 1.807) is 0 Å². The molecule has 1 aromatic heterocycles. The van der Waals surface area contributed by atoms with E-state index in [0.29, 0.717) is 0 Å². The SMILES string of the molecule is Cc1cc(Br)c(CCCCNCC(C)C)s1. The Hall–Kier alpha value is 0.140. The van der Waals surface area contributed by atoms with Crippen LogP contribution in [-0.2, 0) is 6.42 Å². The van der Waals surface area contributed by atoms with Crippen molar-refractivity contribution in [2.24, 2.45) is 5.92 Å². The van der Waals surface area contributed by atoms with Gasteiger partial charge in [-0.2, -0.15) is 0 Å². The van der Waals surface area contributed by atoms with Crippen molar-refractivity contribution in [2.45, 2.75) is 40.0 Å². The number of halogens is 1. The highest BCUT2D eigenvalue weighted by Gasteiger charge is 2.03. The van der Waals surface area contributed by atoms with E-state index in [4.69, 9.17) is 0 Å². The summed E-state index contributed by atoms with van der Waals surface area (Å²) < 4.78 is 1.30. The molecule has 0 spiro atoms.